The number of amides is 1. The van der Waals surface area contributed by atoms with Crippen LogP contribution in [0.3, 0.4) is 0 Å². The summed E-state index contributed by atoms with van der Waals surface area (Å²) in [5.41, 5.74) is 4.70. The van der Waals surface area contributed by atoms with Crippen LogP contribution in [0.1, 0.15) is 53.2 Å². The molecule has 1 amide bonds. The van der Waals surface area contributed by atoms with E-state index in [1.165, 1.54) is 0 Å². The highest BCUT2D eigenvalue weighted by Crippen LogP contribution is 2.33. The van der Waals surface area contributed by atoms with Gasteiger partial charge in [0.2, 0.25) is 5.91 Å². The number of aliphatic carboxylic acids is 1. The number of carbonyl (C=O) groups excluding carboxylic acids is 2. The van der Waals surface area contributed by atoms with Crippen molar-refractivity contribution in [2.24, 2.45) is 5.92 Å². The number of nitrogens with zero attached hydrogens (tertiary/aromatic N) is 2. The molecule has 34 heavy (non-hydrogen) atoms. The number of hydrogen-bond donors (Lipinski definition) is 1. The van der Waals surface area contributed by atoms with Crippen molar-refractivity contribution in [3.63, 3.8) is 0 Å². The Labute approximate surface area is 199 Å². The van der Waals surface area contributed by atoms with E-state index in [4.69, 9.17) is 0 Å². The Morgan fingerprint density at radius 3 is 2.41 bits per heavy atom. The minimum absolute atomic E-state index is 0.0358. The van der Waals surface area contributed by atoms with E-state index in [9.17, 15) is 19.5 Å². The van der Waals surface area contributed by atoms with Crippen molar-refractivity contribution >= 4 is 17.7 Å². The molecular formula is C28H28N2O4. The average Bonchev–Trinajstić information content (AvgIpc) is 3.68. The molecule has 0 aliphatic heterocycles. The maximum Gasteiger partial charge on any atom is 0.307 e. The molecule has 1 N–H and O–H groups in total. The first-order valence-electron chi connectivity index (χ1n) is 11.6. The zero-order valence-corrected chi connectivity index (χ0v) is 19.2. The third-order valence-corrected chi connectivity index (χ3v) is 6.03. The smallest absolute Gasteiger partial charge is 0.307 e. The van der Waals surface area contributed by atoms with Crippen LogP contribution in [0, 0.1) is 5.92 Å². The predicted molar refractivity (Wildman–Crippen MR) is 129 cm³/mol. The average molecular weight is 457 g/mol. The molecule has 1 fully saturated rings. The van der Waals surface area contributed by atoms with Gasteiger partial charge in [0, 0.05) is 48.9 Å². The molecule has 0 atom stereocenters. The molecule has 0 saturated heterocycles. The summed E-state index contributed by atoms with van der Waals surface area (Å²) < 4.78 is 0. The number of carboxylic acid groups (broad SMARTS) is 1. The summed E-state index contributed by atoms with van der Waals surface area (Å²) in [6.45, 7) is 2.67. The van der Waals surface area contributed by atoms with Gasteiger partial charge in [-0.3, -0.25) is 19.4 Å². The van der Waals surface area contributed by atoms with Crippen molar-refractivity contribution in [2.45, 2.75) is 45.7 Å². The first-order valence-corrected chi connectivity index (χ1v) is 11.6. The summed E-state index contributed by atoms with van der Waals surface area (Å²) in [4.78, 5) is 42.9. The molecule has 1 heterocycles. The summed E-state index contributed by atoms with van der Waals surface area (Å²) >= 11 is 0. The van der Waals surface area contributed by atoms with Gasteiger partial charge in [0.05, 0.1) is 6.42 Å². The van der Waals surface area contributed by atoms with Gasteiger partial charge in [0.1, 0.15) is 0 Å². The molecular weight excluding hydrogens is 428 g/mol. The van der Waals surface area contributed by atoms with Crippen LogP contribution in [0.2, 0.25) is 0 Å². The van der Waals surface area contributed by atoms with Crippen LogP contribution < -0.4 is 0 Å². The lowest BCUT2D eigenvalue weighted by Crippen LogP contribution is -2.31. The molecule has 174 valence electrons. The van der Waals surface area contributed by atoms with Crippen molar-refractivity contribution in [1.82, 2.24) is 9.88 Å². The first-order chi connectivity index (χ1) is 16.4. The van der Waals surface area contributed by atoms with Gasteiger partial charge >= 0.3 is 5.97 Å². The van der Waals surface area contributed by atoms with Crippen molar-refractivity contribution in [3.05, 3.63) is 89.2 Å². The Bertz CT molecular complexity index is 1200. The Hall–Kier alpha value is -3.80. The maximum atomic E-state index is 13.2. The molecule has 1 aliphatic rings. The van der Waals surface area contributed by atoms with E-state index < -0.39 is 5.97 Å². The fourth-order valence-electron chi connectivity index (χ4n) is 4.10. The van der Waals surface area contributed by atoms with Crippen molar-refractivity contribution in [3.8, 4) is 11.1 Å². The number of hydrogen-bond acceptors (Lipinski definition) is 4. The highest BCUT2D eigenvalue weighted by Gasteiger charge is 2.33. The third-order valence-electron chi connectivity index (χ3n) is 6.03. The van der Waals surface area contributed by atoms with Crippen molar-refractivity contribution in [2.75, 3.05) is 0 Å². The minimum Gasteiger partial charge on any atom is -0.481 e. The van der Waals surface area contributed by atoms with Crippen molar-refractivity contribution in [1.29, 1.82) is 0 Å². The quantitative estimate of drug-likeness (QED) is 0.438. The van der Waals surface area contributed by atoms with Gasteiger partial charge in [0.25, 0.3) is 0 Å². The van der Waals surface area contributed by atoms with E-state index in [-0.39, 0.29) is 24.0 Å². The fourth-order valence-corrected chi connectivity index (χ4v) is 4.10. The molecule has 0 bridgehead atoms. The Morgan fingerprint density at radius 1 is 0.971 bits per heavy atom. The first kappa shape index (κ1) is 23.4. The number of pyridine rings is 1. The summed E-state index contributed by atoms with van der Waals surface area (Å²) in [7, 11) is 0. The second kappa shape index (κ2) is 10.4. The largest absolute Gasteiger partial charge is 0.481 e. The molecule has 0 radical (unpaired) electrons. The van der Waals surface area contributed by atoms with Crippen LogP contribution in [0.15, 0.2) is 67.0 Å². The Kier molecular flexibility index (Phi) is 7.16. The zero-order valence-electron chi connectivity index (χ0n) is 19.2. The van der Waals surface area contributed by atoms with E-state index in [2.05, 4.69) is 4.98 Å². The summed E-state index contributed by atoms with van der Waals surface area (Å²) in [6.07, 6.45) is 5.32. The van der Waals surface area contributed by atoms with Gasteiger partial charge < -0.3 is 10.0 Å². The zero-order chi connectivity index (χ0) is 24.1. The molecule has 6 nitrogen and oxygen atoms in total. The topological polar surface area (TPSA) is 87.6 Å². The summed E-state index contributed by atoms with van der Waals surface area (Å²) in [5, 5.41) is 9.18. The van der Waals surface area contributed by atoms with Gasteiger partial charge in [-0.05, 0) is 47.2 Å². The predicted octanol–water partition coefficient (Wildman–Crippen LogP) is 4.91. The monoisotopic (exact) mass is 456 g/mol. The van der Waals surface area contributed by atoms with Gasteiger partial charge in [-0.15, -0.1) is 0 Å². The number of carboxylic acids is 1. The van der Waals surface area contributed by atoms with Crippen LogP contribution in [-0.2, 0) is 29.1 Å². The molecule has 1 aliphatic carbocycles. The summed E-state index contributed by atoms with van der Waals surface area (Å²) in [6, 6.07) is 17.2. The fraction of sp³-hybridized carbons (Fsp3) is 0.286. The second-order valence-corrected chi connectivity index (χ2v) is 8.76. The number of ketones is 1. The van der Waals surface area contributed by atoms with Crippen molar-refractivity contribution < 1.29 is 19.5 Å². The number of benzene rings is 2. The number of rotatable bonds is 10. The van der Waals surface area contributed by atoms with E-state index in [0.29, 0.717) is 30.6 Å². The molecule has 1 saturated carbocycles. The second-order valence-electron chi connectivity index (χ2n) is 8.76. The lowest BCUT2D eigenvalue weighted by atomic mass is 9.95. The van der Waals surface area contributed by atoms with Crippen LogP contribution in [0.5, 0.6) is 0 Å². The van der Waals surface area contributed by atoms with E-state index >= 15 is 0 Å². The Balaban J connectivity index is 1.73. The molecule has 1 aromatic heterocycles. The molecule has 6 heteroatoms. The molecule has 3 aromatic rings. The molecule has 4 rings (SSSR count). The van der Waals surface area contributed by atoms with Gasteiger partial charge in [0.15, 0.2) is 5.78 Å². The standard InChI is InChI=1S/C28H28N2O4/c1-2-26(31)22-10-11-25(23-12-20(13-27(32)33)15-29-16-23)24(14-22)18-30(28(34)21-8-9-21)17-19-6-4-3-5-7-19/h3-7,10-12,14-16,21H,2,8-9,13,17-18H2,1H3,(H,32,33). The van der Waals surface area contributed by atoms with E-state index in [1.807, 2.05) is 60.4 Å². The molecule has 0 unspecified atom stereocenters. The van der Waals surface area contributed by atoms with Gasteiger partial charge in [-0.2, -0.15) is 0 Å². The normalized spacial score (nSPS) is 12.9. The van der Waals surface area contributed by atoms with Crippen LogP contribution in [0.4, 0.5) is 0 Å². The van der Waals surface area contributed by atoms with Gasteiger partial charge in [-0.1, -0.05) is 49.4 Å². The minimum atomic E-state index is -0.924. The molecule has 0 spiro atoms. The van der Waals surface area contributed by atoms with E-state index in [1.54, 1.807) is 18.5 Å². The molecule has 2 aromatic carbocycles. The Morgan fingerprint density at radius 2 is 1.74 bits per heavy atom. The number of aromatic nitrogens is 1. The maximum absolute atomic E-state index is 13.2. The number of carbonyl (C=O) groups is 3. The van der Waals surface area contributed by atoms with Crippen LogP contribution >= 0.6 is 0 Å². The van der Waals surface area contributed by atoms with E-state index in [0.717, 1.165) is 35.1 Å². The van der Waals surface area contributed by atoms with Gasteiger partial charge in [-0.25, -0.2) is 0 Å². The lowest BCUT2D eigenvalue weighted by Gasteiger charge is -2.25. The van der Waals surface area contributed by atoms with Crippen LogP contribution in [-0.4, -0.2) is 32.7 Å². The highest BCUT2D eigenvalue weighted by atomic mass is 16.4. The highest BCUT2D eigenvalue weighted by molar-refractivity contribution is 5.96. The van der Waals surface area contributed by atoms with Crippen LogP contribution in [0.25, 0.3) is 11.1 Å². The SMILES string of the molecule is CCC(=O)c1ccc(-c2cncc(CC(=O)O)c2)c(CN(Cc2ccccc2)C(=O)C2CC2)c1. The lowest BCUT2D eigenvalue weighted by molar-refractivity contribution is -0.136. The third kappa shape index (κ3) is 5.76. The number of Topliss-reactive ketones (excluding diaryl/α,β-unsaturated/α-hetero) is 1. The summed E-state index contributed by atoms with van der Waals surface area (Å²) in [5.74, 6) is -0.700.